The highest BCUT2D eigenvalue weighted by Gasteiger charge is 2.15. The molecule has 0 aliphatic heterocycles. The van der Waals surface area contributed by atoms with Gasteiger partial charge in [-0.2, -0.15) is 0 Å². The number of hydrogen-bond acceptors (Lipinski definition) is 5. The fraction of sp³-hybridized carbons (Fsp3) is 0.174. The topological polar surface area (TPSA) is 93.7 Å². The molecule has 0 saturated carbocycles. The van der Waals surface area contributed by atoms with Gasteiger partial charge in [0.2, 0.25) is 0 Å². The molecule has 0 fully saturated rings. The van der Waals surface area contributed by atoms with Crippen molar-refractivity contribution in [3.8, 4) is 11.5 Å². The zero-order valence-electron chi connectivity index (χ0n) is 17.3. The Morgan fingerprint density at radius 2 is 1.35 bits per heavy atom. The molecule has 3 aromatic rings. The van der Waals surface area contributed by atoms with Crippen LogP contribution in [0.15, 0.2) is 77.7 Å². The molecule has 31 heavy (non-hydrogen) atoms. The largest absolute Gasteiger partial charge is 0.497 e. The fourth-order valence-corrected chi connectivity index (χ4v) is 3.93. The Morgan fingerprint density at radius 3 is 1.90 bits per heavy atom. The molecular formula is C23H24N2O5S. The number of ether oxygens (including phenoxy) is 2. The van der Waals surface area contributed by atoms with Crippen molar-refractivity contribution in [1.29, 1.82) is 0 Å². The van der Waals surface area contributed by atoms with E-state index in [-0.39, 0.29) is 10.8 Å². The minimum atomic E-state index is -3.77. The first-order valence-corrected chi connectivity index (χ1v) is 11.1. The predicted octanol–water partition coefficient (Wildman–Crippen LogP) is 3.48. The lowest BCUT2D eigenvalue weighted by Gasteiger charge is -2.10. The number of hydrogen-bond donors (Lipinski definition) is 2. The van der Waals surface area contributed by atoms with Crippen LogP contribution in [0.2, 0.25) is 0 Å². The molecule has 0 bridgehead atoms. The summed E-state index contributed by atoms with van der Waals surface area (Å²) in [4.78, 5) is 12.4. The molecule has 0 heterocycles. The first kappa shape index (κ1) is 22.2. The first-order valence-electron chi connectivity index (χ1n) is 9.59. The van der Waals surface area contributed by atoms with Crippen LogP contribution >= 0.6 is 0 Å². The summed E-state index contributed by atoms with van der Waals surface area (Å²) in [7, 11) is -0.617. The summed E-state index contributed by atoms with van der Waals surface area (Å²) in [6, 6.07) is 20.0. The zero-order chi connectivity index (χ0) is 22.3. The van der Waals surface area contributed by atoms with E-state index >= 15 is 0 Å². The maximum atomic E-state index is 12.6. The number of rotatable bonds is 9. The van der Waals surface area contributed by atoms with E-state index in [1.807, 2.05) is 24.3 Å². The normalized spacial score (nSPS) is 10.9. The van der Waals surface area contributed by atoms with Gasteiger partial charge in [-0.25, -0.2) is 8.42 Å². The van der Waals surface area contributed by atoms with E-state index in [2.05, 4.69) is 10.0 Å². The fourth-order valence-electron chi connectivity index (χ4n) is 2.87. The molecule has 3 rings (SSSR count). The Bertz CT molecular complexity index is 1110. The van der Waals surface area contributed by atoms with E-state index in [1.54, 1.807) is 31.4 Å². The van der Waals surface area contributed by atoms with Crippen molar-refractivity contribution >= 4 is 21.6 Å². The molecule has 0 unspecified atom stereocenters. The monoisotopic (exact) mass is 440 g/mol. The van der Waals surface area contributed by atoms with Gasteiger partial charge in [0, 0.05) is 17.8 Å². The second-order valence-electron chi connectivity index (χ2n) is 6.71. The molecule has 7 nitrogen and oxygen atoms in total. The average molecular weight is 441 g/mol. The summed E-state index contributed by atoms with van der Waals surface area (Å²) >= 11 is 0. The van der Waals surface area contributed by atoms with E-state index in [4.69, 9.17) is 9.47 Å². The van der Waals surface area contributed by atoms with Crippen molar-refractivity contribution in [2.24, 2.45) is 0 Å². The van der Waals surface area contributed by atoms with Gasteiger partial charge in [-0.3, -0.25) is 9.52 Å². The Labute approximate surface area is 182 Å². The van der Waals surface area contributed by atoms with Crippen molar-refractivity contribution in [1.82, 2.24) is 5.32 Å². The SMILES string of the molecule is COc1ccc(CCNC(=O)c2ccc(S(=O)(=O)Nc3ccc(OC)cc3)cc2)cc1. The third-order valence-corrected chi connectivity index (χ3v) is 6.02. The van der Waals surface area contributed by atoms with Crippen molar-refractivity contribution in [3.63, 3.8) is 0 Å². The summed E-state index contributed by atoms with van der Waals surface area (Å²) in [6.07, 6.45) is 0.675. The molecule has 0 spiro atoms. The highest BCUT2D eigenvalue weighted by atomic mass is 32.2. The quantitative estimate of drug-likeness (QED) is 0.531. The zero-order valence-corrected chi connectivity index (χ0v) is 18.1. The number of sulfonamides is 1. The van der Waals surface area contributed by atoms with E-state index in [9.17, 15) is 13.2 Å². The van der Waals surface area contributed by atoms with Gasteiger partial charge in [-0.15, -0.1) is 0 Å². The second-order valence-corrected chi connectivity index (χ2v) is 8.39. The molecule has 2 N–H and O–H groups in total. The predicted molar refractivity (Wildman–Crippen MR) is 119 cm³/mol. The summed E-state index contributed by atoms with van der Waals surface area (Å²) in [5, 5.41) is 2.84. The van der Waals surface area contributed by atoms with Crippen LogP contribution in [-0.4, -0.2) is 35.1 Å². The maximum Gasteiger partial charge on any atom is 0.261 e. The summed E-state index contributed by atoms with van der Waals surface area (Å²) in [5.74, 6) is 1.15. The molecule has 0 aromatic heterocycles. The lowest BCUT2D eigenvalue weighted by Crippen LogP contribution is -2.25. The standard InChI is InChI=1S/C23H24N2O5S/c1-29-20-9-3-17(4-10-20)15-16-24-23(26)18-5-13-22(14-6-18)31(27,28)25-19-7-11-21(30-2)12-8-19/h3-14,25H,15-16H2,1-2H3,(H,24,26). The van der Waals surface area contributed by atoms with Gasteiger partial charge >= 0.3 is 0 Å². The number of amides is 1. The molecule has 0 radical (unpaired) electrons. The van der Waals surface area contributed by atoms with Gasteiger partial charge in [0.05, 0.1) is 19.1 Å². The minimum Gasteiger partial charge on any atom is -0.497 e. The van der Waals surface area contributed by atoms with Gasteiger partial charge in [0.1, 0.15) is 11.5 Å². The van der Waals surface area contributed by atoms with Crippen LogP contribution in [0.4, 0.5) is 5.69 Å². The average Bonchev–Trinajstić information content (AvgIpc) is 2.80. The van der Waals surface area contributed by atoms with E-state index < -0.39 is 10.0 Å². The number of benzene rings is 3. The molecule has 162 valence electrons. The minimum absolute atomic E-state index is 0.0677. The summed E-state index contributed by atoms with van der Waals surface area (Å²) < 4.78 is 37.8. The Kier molecular flexibility index (Phi) is 7.15. The van der Waals surface area contributed by atoms with Crippen molar-refractivity contribution < 1.29 is 22.7 Å². The molecule has 0 saturated heterocycles. The van der Waals surface area contributed by atoms with Crippen LogP contribution < -0.4 is 19.5 Å². The summed E-state index contributed by atoms with van der Waals surface area (Å²) in [6.45, 7) is 0.463. The Hall–Kier alpha value is -3.52. The summed E-state index contributed by atoms with van der Waals surface area (Å²) in [5.41, 5.74) is 1.88. The molecule has 0 aliphatic rings. The third kappa shape index (κ3) is 5.99. The smallest absolute Gasteiger partial charge is 0.261 e. The molecular weight excluding hydrogens is 416 g/mol. The van der Waals surface area contributed by atoms with Gasteiger partial charge in [0.25, 0.3) is 15.9 Å². The third-order valence-electron chi connectivity index (χ3n) is 4.63. The molecule has 3 aromatic carbocycles. The van der Waals surface area contributed by atoms with Crippen LogP contribution in [0.5, 0.6) is 11.5 Å². The highest BCUT2D eigenvalue weighted by Crippen LogP contribution is 2.19. The molecule has 1 amide bonds. The number of carbonyl (C=O) groups is 1. The molecule has 0 atom stereocenters. The van der Waals surface area contributed by atoms with Gasteiger partial charge in [-0.05, 0) is 72.6 Å². The maximum absolute atomic E-state index is 12.6. The van der Waals surface area contributed by atoms with Gasteiger partial charge in [-0.1, -0.05) is 12.1 Å². The van der Waals surface area contributed by atoms with Crippen LogP contribution in [0, 0.1) is 0 Å². The molecule has 0 aliphatic carbocycles. The van der Waals surface area contributed by atoms with Gasteiger partial charge < -0.3 is 14.8 Å². The number of nitrogens with one attached hydrogen (secondary N) is 2. The highest BCUT2D eigenvalue weighted by molar-refractivity contribution is 7.92. The van der Waals surface area contributed by atoms with Gasteiger partial charge in [0.15, 0.2) is 0 Å². The van der Waals surface area contributed by atoms with Crippen molar-refractivity contribution in [2.75, 3.05) is 25.5 Å². The lowest BCUT2D eigenvalue weighted by atomic mass is 10.1. The van der Waals surface area contributed by atoms with Crippen molar-refractivity contribution in [2.45, 2.75) is 11.3 Å². The Balaban J connectivity index is 1.56. The second kappa shape index (κ2) is 9.99. The van der Waals surface area contributed by atoms with Crippen LogP contribution in [-0.2, 0) is 16.4 Å². The van der Waals surface area contributed by atoms with Crippen LogP contribution in [0.25, 0.3) is 0 Å². The van der Waals surface area contributed by atoms with Crippen LogP contribution in [0.3, 0.4) is 0 Å². The van der Waals surface area contributed by atoms with E-state index in [1.165, 1.54) is 31.4 Å². The number of anilines is 1. The number of carbonyl (C=O) groups excluding carboxylic acids is 1. The first-order chi connectivity index (χ1) is 14.9. The molecule has 8 heteroatoms. The number of methoxy groups -OCH3 is 2. The van der Waals surface area contributed by atoms with Crippen molar-refractivity contribution in [3.05, 3.63) is 83.9 Å². The van der Waals surface area contributed by atoms with E-state index in [0.29, 0.717) is 30.0 Å². The lowest BCUT2D eigenvalue weighted by molar-refractivity contribution is 0.0954. The van der Waals surface area contributed by atoms with E-state index in [0.717, 1.165) is 11.3 Å². The Morgan fingerprint density at radius 1 is 0.806 bits per heavy atom. The van der Waals surface area contributed by atoms with Crippen LogP contribution in [0.1, 0.15) is 15.9 Å².